The molecule has 0 aliphatic carbocycles. The standard InChI is InChI=1S/C23H21N3O3/c1-3-28-20-12-8-7-11-19(20)24-23(27)18-15-26(17-9-5-4-6-10-17)25-22(18)21-14-13-16(2)29-21/h4-15H,3H2,1-2H3,(H,24,27). The molecule has 0 radical (unpaired) electrons. The van der Waals surface area contributed by atoms with E-state index in [-0.39, 0.29) is 5.91 Å². The summed E-state index contributed by atoms with van der Waals surface area (Å²) in [5.74, 6) is 1.63. The second-order valence-corrected chi connectivity index (χ2v) is 6.47. The highest BCUT2D eigenvalue weighted by Crippen LogP contribution is 2.28. The largest absolute Gasteiger partial charge is 0.492 e. The number of carbonyl (C=O) groups is 1. The van der Waals surface area contributed by atoms with Crippen molar-refractivity contribution < 1.29 is 13.9 Å². The lowest BCUT2D eigenvalue weighted by Crippen LogP contribution is -2.13. The van der Waals surface area contributed by atoms with Gasteiger partial charge >= 0.3 is 0 Å². The van der Waals surface area contributed by atoms with Crippen LogP contribution in [0.1, 0.15) is 23.0 Å². The van der Waals surface area contributed by atoms with Gasteiger partial charge in [0.05, 0.1) is 23.5 Å². The van der Waals surface area contributed by atoms with Gasteiger partial charge in [-0.3, -0.25) is 4.79 Å². The number of ether oxygens (including phenoxy) is 1. The number of hydrogen-bond acceptors (Lipinski definition) is 4. The first-order chi connectivity index (χ1) is 14.2. The number of hydrogen-bond donors (Lipinski definition) is 1. The molecule has 0 atom stereocenters. The quantitative estimate of drug-likeness (QED) is 0.500. The number of aromatic nitrogens is 2. The fourth-order valence-electron chi connectivity index (χ4n) is 3.04. The van der Waals surface area contributed by atoms with Crippen LogP contribution in [0.15, 0.2) is 77.3 Å². The summed E-state index contributed by atoms with van der Waals surface area (Å²) in [5, 5.41) is 7.55. The first-order valence-electron chi connectivity index (χ1n) is 9.41. The number of amides is 1. The summed E-state index contributed by atoms with van der Waals surface area (Å²) in [5.41, 5.74) is 2.35. The fourth-order valence-corrected chi connectivity index (χ4v) is 3.04. The van der Waals surface area contributed by atoms with Crippen LogP contribution in [0.5, 0.6) is 5.75 Å². The molecule has 0 bridgehead atoms. The Bertz CT molecular complexity index is 1130. The summed E-state index contributed by atoms with van der Waals surface area (Å²) < 4.78 is 13.0. The average molecular weight is 387 g/mol. The third-order valence-electron chi connectivity index (χ3n) is 4.39. The van der Waals surface area contributed by atoms with Crippen LogP contribution >= 0.6 is 0 Å². The molecule has 0 aliphatic heterocycles. The SMILES string of the molecule is CCOc1ccccc1NC(=O)c1cn(-c2ccccc2)nc1-c1ccc(C)o1. The Hall–Kier alpha value is -3.80. The van der Waals surface area contributed by atoms with Crippen molar-refractivity contribution in [2.45, 2.75) is 13.8 Å². The lowest BCUT2D eigenvalue weighted by molar-refractivity contribution is 0.102. The van der Waals surface area contributed by atoms with Crippen molar-refractivity contribution in [3.63, 3.8) is 0 Å². The van der Waals surface area contributed by atoms with Gasteiger partial charge in [0.25, 0.3) is 5.91 Å². The molecule has 0 saturated heterocycles. The van der Waals surface area contributed by atoms with Crippen molar-refractivity contribution in [3.8, 4) is 22.9 Å². The molecule has 4 aromatic rings. The van der Waals surface area contributed by atoms with E-state index in [1.807, 2.05) is 74.5 Å². The van der Waals surface area contributed by atoms with Gasteiger partial charge in [-0.05, 0) is 50.2 Å². The number of para-hydroxylation sites is 3. The van der Waals surface area contributed by atoms with E-state index in [0.717, 1.165) is 11.4 Å². The predicted octanol–water partition coefficient (Wildman–Crippen LogP) is 5.09. The molecule has 1 N–H and O–H groups in total. The van der Waals surface area contributed by atoms with Gasteiger partial charge in [-0.15, -0.1) is 0 Å². The van der Waals surface area contributed by atoms with Gasteiger partial charge in [0.2, 0.25) is 0 Å². The van der Waals surface area contributed by atoms with Crippen LogP contribution in [0.4, 0.5) is 5.69 Å². The van der Waals surface area contributed by atoms with E-state index >= 15 is 0 Å². The molecule has 4 rings (SSSR count). The highest BCUT2D eigenvalue weighted by molar-refractivity contribution is 6.08. The molecule has 0 fully saturated rings. The second kappa shape index (κ2) is 8.06. The van der Waals surface area contributed by atoms with Crippen molar-refractivity contribution in [1.82, 2.24) is 9.78 Å². The van der Waals surface area contributed by atoms with Gasteiger partial charge in [0.15, 0.2) is 5.76 Å². The molecule has 146 valence electrons. The van der Waals surface area contributed by atoms with E-state index in [0.29, 0.717) is 35.1 Å². The third kappa shape index (κ3) is 3.91. The molecule has 0 saturated carbocycles. The van der Waals surface area contributed by atoms with E-state index < -0.39 is 0 Å². The van der Waals surface area contributed by atoms with Crippen molar-refractivity contribution in [1.29, 1.82) is 0 Å². The highest BCUT2D eigenvalue weighted by atomic mass is 16.5. The van der Waals surface area contributed by atoms with Gasteiger partial charge in [0.1, 0.15) is 17.2 Å². The number of rotatable bonds is 6. The molecular weight excluding hydrogens is 366 g/mol. The Morgan fingerprint density at radius 3 is 2.55 bits per heavy atom. The lowest BCUT2D eigenvalue weighted by atomic mass is 10.2. The molecule has 2 aromatic heterocycles. The minimum atomic E-state index is -0.289. The number of furan rings is 1. The van der Waals surface area contributed by atoms with Crippen molar-refractivity contribution in [3.05, 3.63) is 84.3 Å². The zero-order valence-electron chi connectivity index (χ0n) is 16.3. The van der Waals surface area contributed by atoms with E-state index in [4.69, 9.17) is 9.15 Å². The normalized spacial score (nSPS) is 10.7. The van der Waals surface area contributed by atoms with Gasteiger partial charge in [-0.1, -0.05) is 30.3 Å². The molecule has 2 aromatic carbocycles. The summed E-state index contributed by atoms with van der Waals surface area (Å²) >= 11 is 0. The summed E-state index contributed by atoms with van der Waals surface area (Å²) in [6.07, 6.45) is 1.71. The number of anilines is 1. The highest BCUT2D eigenvalue weighted by Gasteiger charge is 2.22. The zero-order chi connectivity index (χ0) is 20.2. The van der Waals surface area contributed by atoms with Crippen LogP contribution in [0.25, 0.3) is 17.1 Å². The van der Waals surface area contributed by atoms with Gasteiger partial charge in [0, 0.05) is 6.20 Å². The smallest absolute Gasteiger partial charge is 0.259 e. The molecule has 0 spiro atoms. The minimum absolute atomic E-state index is 0.289. The van der Waals surface area contributed by atoms with Crippen LogP contribution in [-0.2, 0) is 0 Å². The van der Waals surface area contributed by atoms with E-state index in [2.05, 4.69) is 10.4 Å². The molecule has 6 heteroatoms. The maximum absolute atomic E-state index is 13.2. The average Bonchev–Trinajstić information content (AvgIpc) is 3.37. The predicted molar refractivity (Wildman–Crippen MR) is 112 cm³/mol. The van der Waals surface area contributed by atoms with Gasteiger partial charge in [-0.2, -0.15) is 5.10 Å². The van der Waals surface area contributed by atoms with E-state index in [1.54, 1.807) is 16.9 Å². The molecule has 0 aliphatic rings. The molecule has 29 heavy (non-hydrogen) atoms. The van der Waals surface area contributed by atoms with Crippen molar-refractivity contribution >= 4 is 11.6 Å². The molecular formula is C23H21N3O3. The van der Waals surface area contributed by atoms with Crippen LogP contribution in [0, 0.1) is 6.92 Å². The van der Waals surface area contributed by atoms with Gasteiger partial charge < -0.3 is 14.5 Å². The molecule has 1 amide bonds. The third-order valence-corrected chi connectivity index (χ3v) is 4.39. The zero-order valence-corrected chi connectivity index (χ0v) is 16.3. The Labute approximate surface area is 168 Å². The second-order valence-electron chi connectivity index (χ2n) is 6.47. The van der Waals surface area contributed by atoms with E-state index in [9.17, 15) is 4.79 Å². The van der Waals surface area contributed by atoms with Crippen LogP contribution in [0.3, 0.4) is 0 Å². The number of benzene rings is 2. The molecule has 0 unspecified atom stereocenters. The van der Waals surface area contributed by atoms with Crippen LogP contribution in [0.2, 0.25) is 0 Å². The maximum atomic E-state index is 13.2. The number of aryl methyl sites for hydroxylation is 1. The number of nitrogens with one attached hydrogen (secondary N) is 1. The fraction of sp³-hybridized carbons (Fsp3) is 0.130. The monoisotopic (exact) mass is 387 g/mol. The minimum Gasteiger partial charge on any atom is -0.492 e. The maximum Gasteiger partial charge on any atom is 0.259 e. The van der Waals surface area contributed by atoms with E-state index in [1.165, 1.54) is 0 Å². The van der Waals surface area contributed by atoms with Crippen LogP contribution in [-0.4, -0.2) is 22.3 Å². The summed E-state index contributed by atoms with van der Waals surface area (Å²) in [6.45, 7) is 4.27. The van der Waals surface area contributed by atoms with Crippen LogP contribution < -0.4 is 10.1 Å². The topological polar surface area (TPSA) is 69.3 Å². The Balaban J connectivity index is 1.74. The lowest BCUT2D eigenvalue weighted by Gasteiger charge is -2.10. The van der Waals surface area contributed by atoms with Crippen molar-refractivity contribution in [2.24, 2.45) is 0 Å². The Morgan fingerprint density at radius 2 is 1.83 bits per heavy atom. The molecule has 6 nitrogen and oxygen atoms in total. The van der Waals surface area contributed by atoms with Crippen molar-refractivity contribution in [2.75, 3.05) is 11.9 Å². The first-order valence-corrected chi connectivity index (χ1v) is 9.41. The Kier molecular flexibility index (Phi) is 5.16. The molecule has 2 heterocycles. The summed E-state index contributed by atoms with van der Waals surface area (Å²) in [7, 11) is 0. The van der Waals surface area contributed by atoms with Gasteiger partial charge in [-0.25, -0.2) is 4.68 Å². The summed E-state index contributed by atoms with van der Waals surface area (Å²) in [4.78, 5) is 13.2. The number of carbonyl (C=O) groups excluding carboxylic acids is 1. The number of nitrogens with zero attached hydrogens (tertiary/aromatic N) is 2. The summed E-state index contributed by atoms with van der Waals surface area (Å²) in [6, 6.07) is 20.6. The Morgan fingerprint density at radius 1 is 1.07 bits per heavy atom. The first kappa shape index (κ1) is 18.6.